The van der Waals surface area contributed by atoms with Gasteiger partial charge in [0.05, 0.1) is 6.61 Å². The third-order valence-electron chi connectivity index (χ3n) is 3.72. The number of ether oxygens (including phenoxy) is 2. The molecule has 0 radical (unpaired) electrons. The minimum atomic E-state index is 0. The summed E-state index contributed by atoms with van der Waals surface area (Å²) in [5.74, 6) is 2.80. The Balaban J connectivity index is 0.00000176. The zero-order valence-corrected chi connectivity index (χ0v) is 15.5. The van der Waals surface area contributed by atoms with Crippen LogP contribution < -0.4 is 20.1 Å². The highest BCUT2D eigenvalue weighted by Gasteiger charge is 2.21. The fourth-order valence-corrected chi connectivity index (χ4v) is 2.74. The fourth-order valence-electron chi connectivity index (χ4n) is 2.74. The summed E-state index contributed by atoms with van der Waals surface area (Å²) in [5.41, 5.74) is 2.35. The van der Waals surface area contributed by atoms with Gasteiger partial charge >= 0.3 is 0 Å². The number of fused-ring (bicyclic) bond motifs is 1. The van der Waals surface area contributed by atoms with Crippen molar-refractivity contribution in [2.45, 2.75) is 39.3 Å². The first-order valence-electron chi connectivity index (χ1n) is 7.73. The van der Waals surface area contributed by atoms with Crippen molar-refractivity contribution >= 4 is 29.9 Å². The number of nitrogens with one attached hydrogen (secondary N) is 2. The lowest BCUT2D eigenvalue weighted by atomic mass is 10.1. The maximum absolute atomic E-state index is 5.84. The quantitative estimate of drug-likeness (QED) is 0.740. The summed E-state index contributed by atoms with van der Waals surface area (Å²) in [5, 5.41) is 6.61. The highest BCUT2D eigenvalue weighted by molar-refractivity contribution is 14.0. The van der Waals surface area contributed by atoms with Gasteiger partial charge in [-0.25, -0.2) is 0 Å². The van der Waals surface area contributed by atoms with Crippen molar-refractivity contribution in [2.24, 2.45) is 4.99 Å². The molecule has 2 N–H and O–H groups in total. The molecule has 22 heavy (non-hydrogen) atoms. The van der Waals surface area contributed by atoms with Gasteiger partial charge in [-0.1, -0.05) is 0 Å². The summed E-state index contributed by atoms with van der Waals surface area (Å²) in [4.78, 5) is 4.43. The molecule has 2 aliphatic heterocycles. The van der Waals surface area contributed by atoms with Crippen molar-refractivity contribution in [3.63, 3.8) is 0 Å². The van der Waals surface area contributed by atoms with Crippen molar-refractivity contribution < 1.29 is 9.47 Å². The van der Waals surface area contributed by atoms with Gasteiger partial charge in [0.15, 0.2) is 5.96 Å². The van der Waals surface area contributed by atoms with E-state index in [0.29, 0.717) is 13.2 Å². The second-order valence-corrected chi connectivity index (χ2v) is 5.50. The van der Waals surface area contributed by atoms with Crippen LogP contribution in [0.2, 0.25) is 0 Å². The van der Waals surface area contributed by atoms with Gasteiger partial charge < -0.3 is 20.1 Å². The maximum atomic E-state index is 5.84. The molecule has 1 aromatic carbocycles. The van der Waals surface area contributed by atoms with Crippen LogP contribution in [0, 0.1) is 0 Å². The second-order valence-electron chi connectivity index (χ2n) is 5.50. The highest BCUT2D eigenvalue weighted by Crippen LogP contribution is 2.35. The summed E-state index contributed by atoms with van der Waals surface area (Å²) < 4.78 is 11.6. The lowest BCUT2D eigenvalue weighted by molar-refractivity contribution is 0.254. The average Bonchev–Trinajstić information content (AvgIpc) is 2.85. The molecule has 2 heterocycles. The molecule has 122 valence electrons. The summed E-state index contributed by atoms with van der Waals surface area (Å²) in [6, 6.07) is 4.22. The maximum Gasteiger partial charge on any atom is 0.191 e. The Labute approximate surface area is 148 Å². The van der Waals surface area contributed by atoms with Crippen LogP contribution in [0.4, 0.5) is 0 Å². The molecular weight excluding hydrogens is 393 g/mol. The zero-order valence-electron chi connectivity index (χ0n) is 13.1. The van der Waals surface area contributed by atoms with Crippen LogP contribution in [0.25, 0.3) is 0 Å². The lowest BCUT2D eigenvalue weighted by Crippen LogP contribution is -2.40. The van der Waals surface area contributed by atoms with Crippen LogP contribution >= 0.6 is 24.0 Å². The predicted octanol–water partition coefficient (Wildman–Crippen LogP) is 2.47. The first-order valence-corrected chi connectivity index (χ1v) is 7.73. The van der Waals surface area contributed by atoms with Gasteiger partial charge in [0.2, 0.25) is 0 Å². The first-order chi connectivity index (χ1) is 10.3. The Morgan fingerprint density at radius 1 is 1.45 bits per heavy atom. The normalized spacial score (nSPS) is 19.2. The van der Waals surface area contributed by atoms with Gasteiger partial charge in [-0.2, -0.15) is 0 Å². The monoisotopic (exact) mass is 417 g/mol. The van der Waals surface area contributed by atoms with Crippen LogP contribution in [0.1, 0.15) is 31.4 Å². The average molecular weight is 417 g/mol. The van der Waals surface area contributed by atoms with Gasteiger partial charge in [0.25, 0.3) is 0 Å². The Hall–Kier alpha value is -1.18. The van der Waals surface area contributed by atoms with E-state index in [-0.39, 0.29) is 30.1 Å². The van der Waals surface area contributed by atoms with Crippen LogP contribution in [0.3, 0.4) is 0 Å². The van der Waals surface area contributed by atoms with Crippen molar-refractivity contribution in [3.05, 3.63) is 23.3 Å². The standard InChI is InChI=1S/C16H23N3O2.HI/c1-3-20-14-8-12-7-11(2)21-15(12)9-13(14)10-19-16-17-5-4-6-18-16;/h8-9,11H,3-7,10H2,1-2H3,(H2,17,18,19);1H. The number of halogens is 1. The second kappa shape index (κ2) is 7.89. The molecule has 2 aliphatic rings. The Morgan fingerprint density at radius 2 is 2.32 bits per heavy atom. The Kier molecular flexibility index (Phi) is 6.16. The topological polar surface area (TPSA) is 54.9 Å². The van der Waals surface area contributed by atoms with Crippen LogP contribution in [0.5, 0.6) is 11.5 Å². The molecule has 1 unspecified atom stereocenters. The molecule has 0 spiro atoms. The number of nitrogens with zero attached hydrogens (tertiary/aromatic N) is 1. The smallest absolute Gasteiger partial charge is 0.191 e. The molecule has 1 atom stereocenters. The number of rotatable bonds is 4. The van der Waals surface area contributed by atoms with Gasteiger partial charge in [0.1, 0.15) is 17.6 Å². The molecule has 0 amide bonds. The van der Waals surface area contributed by atoms with E-state index < -0.39 is 0 Å². The molecule has 3 rings (SSSR count). The molecule has 1 aromatic rings. The third-order valence-corrected chi connectivity index (χ3v) is 3.72. The molecule has 0 aromatic heterocycles. The molecule has 0 bridgehead atoms. The molecule has 0 saturated carbocycles. The van der Waals surface area contributed by atoms with E-state index >= 15 is 0 Å². The van der Waals surface area contributed by atoms with Crippen molar-refractivity contribution in [1.29, 1.82) is 0 Å². The Morgan fingerprint density at radius 3 is 3.05 bits per heavy atom. The largest absolute Gasteiger partial charge is 0.494 e. The molecule has 0 fully saturated rings. The lowest BCUT2D eigenvalue weighted by Gasteiger charge is -2.18. The minimum Gasteiger partial charge on any atom is -0.494 e. The van der Waals surface area contributed by atoms with Crippen LogP contribution in [-0.2, 0) is 13.0 Å². The van der Waals surface area contributed by atoms with E-state index in [2.05, 4.69) is 34.7 Å². The van der Waals surface area contributed by atoms with E-state index in [9.17, 15) is 0 Å². The van der Waals surface area contributed by atoms with E-state index in [4.69, 9.17) is 9.47 Å². The van der Waals surface area contributed by atoms with Crippen LogP contribution in [-0.4, -0.2) is 31.8 Å². The zero-order chi connectivity index (χ0) is 14.7. The minimum absolute atomic E-state index is 0. The first kappa shape index (κ1) is 17.2. The number of guanidine groups is 1. The highest BCUT2D eigenvalue weighted by atomic mass is 127. The fraction of sp³-hybridized carbons (Fsp3) is 0.562. The predicted molar refractivity (Wildman–Crippen MR) is 98.6 cm³/mol. The summed E-state index contributed by atoms with van der Waals surface area (Å²) in [6.07, 6.45) is 2.30. The van der Waals surface area contributed by atoms with E-state index in [1.807, 2.05) is 6.92 Å². The van der Waals surface area contributed by atoms with Gasteiger partial charge in [0, 0.05) is 37.2 Å². The number of aliphatic imine (C=N–C) groups is 1. The molecule has 5 nitrogen and oxygen atoms in total. The molecule has 0 saturated heterocycles. The third kappa shape index (κ3) is 3.97. The van der Waals surface area contributed by atoms with E-state index in [1.165, 1.54) is 5.56 Å². The summed E-state index contributed by atoms with van der Waals surface area (Å²) >= 11 is 0. The van der Waals surface area contributed by atoms with Gasteiger partial charge in [-0.05, 0) is 32.4 Å². The van der Waals surface area contributed by atoms with Crippen molar-refractivity contribution in [2.75, 3.05) is 19.7 Å². The number of hydrogen-bond donors (Lipinski definition) is 2. The Bertz CT molecular complexity index is 548. The summed E-state index contributed by atoms with van der Waals surface area (Å²) in [7, 11) is 0. The SMILES string of the molecule is CCOc1cc2c(cc1CNC1=NCCCN1)OC(C)C2.I. The molecule has 0 aliphatic carbocycles. The van der Waals surface area contributed by atoms with E-state index in [0.717, 1.165) is 49.0 Å². The molecular formula is C16H24IN3O2. The summed E-state index contributed by atoms with van der Waals surface area (Å²) in [6.45, 7) is 7.33. The van der Waals surface area contributed by atoms with Crippen molar-refractivity contribution in [1.82, 2.24) is 10.6 Å². The number of benzene rings is 1. The number of hydrogen-bond acceptors (Lipinski definition) is 5. The van der Waals surface area contributed by atoms with Gasteiger partial charge in [-0.15, -0.1) is 24.0 Å². The van der Waals surface area contributed by atoms with E-state index in [1.54, 1.807) is 0 Å². The van der Waals surface area contributed by atoms with Crippen LogP contribution in [0.15, 0.2) is 17.1 Å². The molecule has 6 heteroatoms. The van der Waals surface area contributed by atoms with Gasteiger partial charge in [-0.3, -0.25) is 4.99 Å². The van der Waals surface area contributed by atoms with Crippen molar-refractivity contribution in [3.8, 4) is 11.5 Å².